The van der Waals surface area contributed by atoms with Gasteiger partial charge in [-0.15, -0.1) is 23.1 Å². The minimum atomic E-state index is -0.476. The standard InChI is InChI=1S/C22H22N2O3S2/c1-14-9-19(15(2)24(14)17-7-8-17)20(25)10-27-22(26)18-5-3-4-6-21(18)29-12-16-11-28-13-23-16/h3-6,9,11,13,17H,7-8,10,12H2,1-2H3. The van der Waals surface area contributed by atoms with Crippen molar-refractivity contribution in [3.8, 4) is 0 Å². The number of carbonyl (C=O) groups is 2. The van der Waals surface area contributed by atoms with Gasteiger partial charge in [-0.25, -0.2) is 9.78 Å². The summed E-state index contributed by atoms with van der Waals surface area (Å²) in [5.41, 5.74) is 5.94. The Hall–Kier alpha value is -2.38. The third-order valence-corrected chi connectivity index (χ3v) is 6.74. The molecule has 0 radical (unpaired) electrons. The number of nitrogens with zero attached hydrogens (tertiary/aromatic N) is 2. The molecule has 150 valence electrons. The summed E-state index contributed by atoms with van der Waals surface area (Å²) >= 11 is 3.09. The third kappa shape index (κ3) is 4.46. The molecular weight excluding hydrogens is 404 g/mol. The number of aromatic nitrogens is 2. The van der Waals surface area contributed by atoms with E-state index in [-0.39, 0.29) is 12.4 Å². The Kier molecular flexibility index (Phi) is 5.87. The Morgan fingerprint density at radius 1 is 1.24 bits per heavy atom. The van der Waals surface area contributed by atoms with Crippen LogP contribution in [0.1, 0.15) is 56.7 Å². The fourth-order valence-corrected chi connectivity index (χ4v) is 5.07. The smallest absolute Gasteiger partial charge is 0.339 e. The van der Waals surface area contributed by atoms with Gasteiger partial charge in [0.05, 0.1) is 16.8 Å². The van der Waals surface area contributed by atoms with Crippen LogP contribution >= 0.6 is 23.1 Å². The normalized spacial score (nSPS) is 13.4. The monoisotopic (exact) mass is 426 g/mol. The molecule has 0 saturated heterocycles. The van der Waals surface area contributed by atoms with Crippen molar-refractivity contribution >= 4 is 34.9 Å². The van der Waals surface area contributed by atoms with Crippen molar-refractivity contribution in [3.05, 3.63) is 69.4 Å². The molecule has 29 heavy (non-hydrogen) atoms. The number of aryl methyl sites for hydroxylation is 1. The fourth-order valence-electron chi connectivity index (χ4n) is 3.46. The maximum absolute atomic E-state index is 12.7. The molecule has 1 aromatic carbocycles. The number of ether oxygens (including phenoxy) is 1. The lowest BCUT2D eigenvalue weighted by Gasteiger charge is -2.09. The number of Topliss-reactive ketones (excluding diaryl/α,β-unsaturated/α-hetero) is 1. The highest BCUT2D eigenvalue weighted by Crippen LogP contribution is 2.38. The van der Waals surface area contributed by atoms with Crippen molar-refractivity contribution in [2.24, 2.45) is 0 Å². The largest absolute Gasteiger partial charge is 0.454 e. The zero-order valence-corrected chi connectivity index (χ0v) is 18.0. The number of benzene rings is 1. The minimum Gasteiger partial charge on any atom is -0.454 e. The van der Waals surface area contributed by atoms with Crippen molar-refractivity contribution in [1.29, 1.82) is 0 Å². The van der Waals surface area contributed by atoms with Crippen molar-refractivity contribution in [3.63, 3.8) is 0 Å². The number of rotatable bonds is 8. The van der Waals surface area contributed by atoms with E-state index in [1.807, 2.05) is 37.4 Å². The Bertz CT molecular complexity index is 1040. The second-order valence-corrected chi connectivity index (χ2v) is 8.89. The van der Waals surface area contributed by atoms with Crippen LogP contribution in [0.2, 0.25) is 0 Å². The van der Waals surface area contributed by atoms with Gasteiger partial charge in [0.15, 0.2) is 6.61 Å². The summed E-state index contributed by atoms with van der Waals surface area (Å²) in [6.45, 7) is 3.73. The van der Waals surface area contributed by atoms with Crippen LogP contribution in [0.5, 0.6) is 0 Å². The van der Waals surface area contributed by atoms with E-state index >= 15 is 0 Å². The van der Waals surface area contributed by atoms with E-state index < -0.39 is 5.97 Å². The number of hydrogen-bond acceptors (Lipinski definition) is 6. The molecule has 0 bridgehead atoms. The zero-order valence-electron chi connectivity index (χ0n) is 16.4. The zero-order chi connectivity index (χ0) is 20.4. The van der Waals surface area contributed by atoms with Gasteiger partial charge in [0.2, 0.25) is 5.78 Å². The molecule has 0 unspecified atom stereocenters. The van der Waals surface area contributed by atoms with Crippen LogP contribution in [0, 0.1) is 13.8 Å². The summed E-state index contributed by atoms with van der Waals surface area (Å²) in [5.74, 6) is 0.0431. The number of esters is 1. The third-order valence-electron chi connectivity index (χ3n) is 5.00. The van der Waals surface area contributed by atoms with Crippen LogP contribution < -0.4 is 0 Å². The van der Waals surface area contributed by atoms with Crippen molar-refractivity contribution < 1.29 is 14.3 Å². The van der Waals surface area contributed by atoms with Crippen LogP contribution in [0.25, 0.3) is 0 Å². The Morgan fingerprint density at radius 3 is 2.76 bits per heavy atom. The lowest BCUT2D eigenvalue weighted by Crippen LogP contribution is -2.15. The van der Waals surface area contributed by atoms with Crippen LogP contribution in [0.3, 0.4) is 0 Å². The molecule has 0 amide bonds. The van der Waals surface area contributed by atoms with Crippen molar-refractivity contribution in [2.45, 2.75) is 43.4 Å². The summed E-state index contributed by atoms with van der Waals surface area (Å²) in [5, 5.41) is 1.99. The minimum absolute atomic E-state index is 0.161. The van der Waals surface area contributed by atoms with E-state index in [1.54, 1.807) is 29.0 Å². The van der Waals surface area contributed by atoms with Crippen molar-refractivity contribution in [2.75, 3.05) is 6.61 Å². The molecule has 1 saturated carbocycles. The predicted molar refractivity (Wildman–Crippen MR) is 115 cm³/mol. The Morgan fingerprint density at radius 2 is 2.03 bits per heavy atom. The highest BCUT2D eigenvalue weighted by atomic mass is 32.2. The van der Waals surface area contributed by atoms with E-state index in [0.717, 1.165) is 34.8 Å². The molecule has 2 heterocycles. The van der Waals surface area contributed by atoms with Gasteiger partial charge in [0.25, 0.3) is 0 Å². The number of hydrogen-bond donors (Lipinski definition) is 0. The van der Waals surface area contributed by atoms with Crippen LogP contribution in [0.4, 0.5) is 0 Å². The molecule has 0 spiro atoms. The average Bonchev–Trinajstić information content (AvgIpc) is 3.31. The van der Waals surface area contributed by atoms with Gasteiger partial charge in [0.1, 0.15) is 0 Å². The van der Waals surface area contributed by atoms with Crippen LogP contribution in [-0.4, -0.2) is 27.9 Å². The molecule has 0 atom stereocenters. The molecule has 2 aromatic heterocycles. The maximum atomic E-state index is 12.7. The van der Waals surface area contributed by atoms with E-state index in [4.69, 9.17) is 4.74 Å². The van der Waals surface area contributed by atoms with Gasteiger partial charge in [0, 0.05) is 39.0 Å². The topological polar surface area (TPSA) is 61.2 Å². The van der Waals surface area contributed by atoms with Gasteiger partial charge in [-0.3, -0.25) is 4.79 Å². The van der Waals surface area contributed by atoms with Gasteiger partial charge in [-0.2, -0.15) is 0 Å². The summed E-state index contributed by atoms with van der Waals surface area (Å²) in [6, 6.07) is 9.72. The summed E-state index contributed by atoms with van der Waals surface area (Å²) < 4.78 is 7.60. The van der Waals surface area contributed by atoms with Gasteiger partial charge in [-0.1, -0.05) is 12.1 Å². The van der Waals surface area contributed by atoms with E-state index in [2.05, 4.69) is 9.55 Å². The van der Waals surface area contributed by atoms with Crippen LogP contribution in [0.15, 0.2) is 46.1 Å². The first-order chi connectivity index (χ1) is 14.0. The SMILES string of the molecule is Cc1cc(C(=O)COC(=O)c2ccccc2SCc2cscn2)c(C)n1C1CC1. The number of thiazole rings is 1. The first kappa shape index (κ1) is 19.9. The van der Waals surface area contributed by atoms with E-state index in [1.165, 1.54) is 11.8 Å². The Balaban J connectivity index is 1.41. The number of carbonyl (C=O) groups excluding carboxylic acids is 2. The number of thioether (sulfide) groups is 1. The lowest BCUT2D eigenvalue weighted by atomic mass is 10.1. The summed E-state index contributed by atoms with van der Waals surface area (Å²) in [6.07, 6.45) is 2.32. The summed E-state index contributed by atoms with van der Waals surface area (Å²) in [7, 11) is 0. The summed E-state index contributed by atoms with van der Waals surface area (Å²) in [4.78, 5) is 30.4. The Labute approximate surface area is 178 Å². The van der Waals surface area contributed by atoms with Gasteiger partial charge in [-0.05, 0) is 44.9 Å². The highest BCUT2D eigenvalue weighted by Gasteiger charge is 2.28. The molecule has 1 fully saturated rings. The van der Waals surface area contributed by atoms with E-state index in [9.17, 15) is 9.59 Å². The van der Waals surface area contributed by atoms with E-state index in [0.29, 0.717) is 22.9 Å². The predicted octanol–water partition coefficient (Wildman–Crippen LogP) is 5.23. The molecule has 4 rings (SSSR count). The first-order valence-electron chi connectivity index (χ1n) is 9.52. The van der Waals surface area contributed by atoms with Gasteiger partial charge < -0.3 is 9.30 Å². The molecule has 0 N–H and O–H groups in total. The number of ketones is 1. The molecule has 0 aliphatic heterocycles. The van der Waals surface area contributed by atoms with Crippen LogP contribution in [-0.2, 0) is 10.5 Å². The maximum Gasteiger partial charge on any atom is 0.339 e. The second-order valence-electron chi connectivity index (χ2n) is 7.15. The molecule has 1 aliphatic rings. The average molecular weight is 427 g/mol. The van der Waals surface area contributed by atoms with Gasteiger partial charge >= 0.3 is 5.97 Å². The first-order valence-corrected chi connectivity index (χ1v) is 11.4. The lowest BCUT2D eigenvalue weighted by molar-refractivity contribution is 0.0471. The molecule has 5 nitrogen and oxygen atoms in total. The molecule has 3 aromatic rings. The van der Waals surface area contributed by atoms with Crippen molar-refractivity contribution in [1.82, 2.24) is 9.55 Å². The fraction of sp³-hybridized carbons (Fsp3) is 0.318. The molecule has 7 heteroatoms. The molecular formula is C22H22N2O3S2. The second kappa shape index (κ2) is 8.55. The highest BCUT2D eigenvalue weighted by molar-refractivity contribution is 7.98. The quantitative estimate of drug-likeness (QED) is 0.280. The molecule has 1 aliphatic carbocycles.